The average molecular weight is 294 g/mol. The fourth-order valence-electron chi connectivity index (χ4n) is 2.79. The fourth-order valence-corrected chi connectivity index (χ4v) is 2.79. The maximum absolute atomic E-state index is 13.6. The largest absolute Gasteiger partial charge is 0.378 e. The molecule has 0 aromatic rings. The molecule has 0 amide bonds. The van der Waals surface area contributed by atoms with E-state index >= 15 is 0 Å². The zero-order valence-corrected chi connectivity index (χ0v) is 9.40. The van der Waals surface area contributed by atoms with Gasteiger partial charge in [0.25, 0.3) is 0 Å². The van der Waals surface area contributed by atoms with E-state index in [9.17, 15) is 35.1 Å². The first kappa shape index (κ1) is 14.6. The third-order valence-corrected chi connectivity index (χ3v) is 3.86. The Morgan fingerprint density at radius 2 is 1.47 bits per heavy atom. The van der Waals surface area contributed by atoms with E-state index in [1.54, 1.807) is 6.08 Å². The van der Waals surface area contributed by atoms with Crippen LogP contribution in [0, 0.1) is 17.8 Å². The third kappa shape index (κ3) is 1.86. The Kier molecular flexibility index (Phi) is 3.14. The molecule has 1 saturated carbocycles. The van der Waals surface area contributed by atoms with Crippen LogP contribution in [-0.4, -0.2) is 24.2 Å². The van der Waals surface area contributed by atoms with Gasteiger partial charge in [0.05, 0.1) is 0 Å². The van der Waals surface area contributed by atoms with Crippen LogP contribution in [0.2, 0.25) is 0 Å². The first-order valence-corrected chi connectivity index (χ1v) is 5.61. The van der Waals surface area contributed by atoms with Crippen molar-refractivity contribution in [3.8, 4) is 0 Å². The van der Waals surface area contributed by atoms with Crippen molar-refractivity contribution in [3.63, 3.8) is 0 Å². The van der Waals surface area contributed by atoms with Crippen molar-refractivity contribution >= 4 is 0 Å². The fraction of sp³-hybridized carbons (Fsp3) is 0.818. The molecular weight excluding hydrogens is 284 g/mol. The standard InChI is InChI=1S/C11H10F8/c12-8(13)10(16,17)11(18,19)9(14,15)7-4-5-1-2-6(7)3-5/h1-2,5-8H,3-4H2. The molecule has 8 heteroatoms. The number of alkyl halides is 8. The van der Waals surface area contributed by atoms with Crippen LogP contribution in [0.1, 0.15) is 12.8 Å². The Hall–Kier alpha value is -0.820. The Morgan fingerprint density at radius 3 is 1.84 bits per heavy atom. The van der Waals surface area contributed by atoms with E-state index in [1.165, 1.54) is 6.08 Å². The van der Waals surface area contributed by atoms with Crippen molar-refractivity contribution < 1.29 is 35.1 Å². The van der Waals surface area contributed by atoms with Gasteiger partial charge in [-0.3, -0.25) is 0 Å². The van der Waals surface area contributed by atoms with E-state index in [2.05, 4.69) is 0 Å². The van der Waals surface area contributed by atoms with Crippen molar-refractivity contribution in [1.82, 2.24) is 0 Å². The van der Waals surface area contributed by atoms with Gasteiger partial charge in [-0.05, 0) is 24.7 Å². The predicted molar refractivity (Wildman–Crippen MR) is 49.7 cm³/mol. The summed E-state index contributed by atoms with van der Waals surface area (Å²) in [4.78, 5) is 0. The number of hydrogen-bond acceptors (Lipinski definition) is 0. The summed E-state index contributed by atoms with van der Waals surface area (Å²) in [6, 6.07) is 0. The molecule has 2 aliphatic carbocycles. The van der Waals surface area contributed by atoms with Crippen LogP contribution in [-0.2, 0) is 0 Å². The van der Waals surface area contributed by atoms with Gasteiger partial charge >= 0.3 is 24.2 Å². The van der Waals surface area contributed by atoms with Crippen LogP contribution >= 0.6 is 0 Å². The van der Waals surface area contributed by atoms with Crippen molar-refractivity contribution in [3.05, 3.63) is 12.2 Å². The Balaban J connectivity index is 2.30. The number of fused-ring (bicyclic) bond motifs is 2. The van der Waals surface area contributed by atoms with Gasteiger partial charge in [-0.25, -0.2) is 8.78 Å². The van der Waals surface area contributed by atoms with Crippen LogP contribution < -0.4 is 0 Å². The van der Waals surface area contributed by atoms with Crippen LogP contribution in [0.4, 0.5) is 35.1 Å². The molecule has 110 valence electrons. The molecule has 0 spiro atoms. The van der Waals surface area contributed by atoms with E-state index in [0.717, 1.165) is 0 Å². The predicted octanol–water partition coefficient (Wildman–Crippen LogP) is 4.37. The second-order valence-electron chi connectivity index (χ2n) is 5.01. The van der Waals surface area contributed by atoms with E-state index in [-0.39, 0.29) is 18.8 Å². The van der Waals surface area contributed by atoms with Crippen molar-refractivity contribution in [2.75, 3.05) is 0 Å². The molecule has 3 unspecified atom stereocenters. The van der Waals surface area contributed by atoms with Crippen molar-refractivity contribution in [2.24, 2.45) is 17.8 Å². The monoisotopic (exact) mass is 294 g/mol. The molecule has 0 N–H and O–H groups in total. The third-order valence-electron chi connectivity index (χ3n) is 3.86. The SMILES string of the molecule is FC(F)C(F)(F)C(F)(F)C(F)(F)C1CC2C=CC1C2. The molecule has 0 aromatic heterocycles. The lowest BCUT2D eigenvalue weighted by Gasteiger charge is -2.37. The molecule has 0 aliphatic heterocycles. The summed E-state index contributed by atoms with van der Waals surface area (Å²) in [7, 11) is 0. The second-order valence-corrected chi connectivity index (χ2v) is 5.01. The number of halogens is 8. The summed E-state index contributed by atoms with van der Waals surface area (Å²) in [6.07, 6.45) is -2.23. The summed E-state index contributed by atoms with van der Waals surface area (Å²) in [5.41, 5.74) is 0. The Morgan fingerprint density at radius 1 is 0.895 bits per heavy atom. The van der Waals surface area contributed by atoms with Gasteiger partial charge < -0.3 is 0 Å². The molecular formula is C11H10F8. The Bertz CT molecular complexity index is 386. The smallest absolute Gasteiger partial charge is 0.203 e. The molecule has 19 heavy (non-hydrogen) atoms. The highest BCUT2D eigenvalue weighted by atomic mass is 19.4. The van der Waals surface area contributed by atoms with Crippen LogP contribution in [0.25, 0.3) is 0 Å². The first-order chi connectivity index (χ1) is 8.51. The van der Waals surface area contributed by atoms with Crippen LogP contribution in [0.15, 0.2) is 12.2 Å². The molecule has 2 aliphatic rings. The minimum Gasteiger partial charge on any atom is -0.203 e. The second kappa shape index (κ2) is 4.09. The first-order valence-electron chi connectivity index (χ1n) is 5.61. The molecule has 2 bridgehead atoms. The topological polar surface area (TPSA) is 0 Å². The number of rotatable bonds is 4. The van der Waals surface area contributed by atoms with E-state index in [4.69, 9.17) is 0 Å². The molecule has 0 nitrogen and oxygen atoms in total. The van der Waals surface area contributed by atoms with Gasteiger partial charge in [-0.15, -0.1) is 0 Å². The molecule has 0 radical (unpaired) electrons. The normalized spacial score (nSPS) is 31.5. The van der Waals surface area contributed by atoms with E-state index in [0.29, 0.717) is 0 Å². The summed E-state index contributed by atoms with van der Waals surface area (Å²) in [6.45, 7) is 0. The number of allylic oxidation sites excluding steroid dienone is 2. The molecule has 1 fully saturated rings. The van der Waals surface area contributed by atoms with Crippen LogP contribution in [0.5, 0.6) is 0 Å². The number of hydrogen-bond donors (Lipinski definition) is 0. The lowest BCUT2D eigenvalue weighted by atomic mass is 9.83. The quantitative estimate of drug-likeness (QED) is 0.533. The minimum atomic E-state index is -6.07. The maximum atomic E-state index is 13.6. The molecule has 3 atom stereocenters. The highest BCUT2D eigenvalue weighted by Crippen LogP contribution is 2.58. The van der Waals surface area contributed by atoms with E-state index in [1.807, 2.05) is 0 Å². The lowest BCUT2D eigenvalue weighted by Crippen LogP contribution is -2.60. The highest BCUT2D eigenvalue weighted by Gasteiger charge is 2.78. The van der Waals surface area contributed by atoms with E-state index < -0.39 is 36.0 Å². The van der Waals surface area contributed by atoms with Crippen molar-refractivity contribution in [1.29, 1.82) is 0 Å². The Labute approximate surface area is 103 Å². The molecule has 0 saturated heterocycles. The van der Waals surface area contributed by atoms with Crippen molar-refractivity contribution in [2.45, 2.75) is 37.0 Å². The van der Waals surface area contributed by atoms with Crippen LogP contribution in [0.3, 0.4) is 0 Å². The maximum Gasteiger partial charge on any atom is 0.378 e. The molecule has 0 heterocycles. The minimum absolute atomic E-state index is 0.177. The van der Waals surface area contributed by atoms with Gasteiger partial charge in [0.1, 0.15) is 0 Å². The summed E-state index contributed by atoms with van der Waals surface area (Å²) >= 11 is 0. The van der Waals surface area contributed by atoms with Gasteiger partial charge in [0.2, 0.25) is 0 Å². The zero-order valence-electron chi connectivity index (χ0n) is 9.40. The van der Waals surface area contributed by atoms with Gasteiger partial charge in [0.15, 0.2) is 0 Å². The average Bonchev–Trinajstić information content (AvgIpc) is 2.89. The van der Waals surface area contributed by atoms with Gasteiger partial charge in [-0.2, -0.15) is 26.3 Å². The summed E-state index contributed by atoms with van der Waals surface area (Å²) in [5.74, 6) is -20.6. The lowest BCUT2D eigenvalue weighted by molar-refractivity contribution is -0.352. The summed E-state index contributed by atoms with van der Waals surface area (Å²) < 4.78 is 103. The zero-order chi connectivity index (χ0) is 14.6. The summed E-state index contributed by atoms with van der Waals surface area (Å²) in [5, 5.41) is 0. The highest BCUT2D eigenvalue weighted by molar-refractivity contribution is 5.15. The van der Waals surface area contributed by atoms with Gasteiger partial charge in [-0.1, -0.05) is 12.2 Å². The molecule has 2 rings (SSSR count). The molecule has 0 aromatic carbocycles. The van der Waals surface area contributed by atoms with Gasteiger partial charge in [0, 0.05) is 5.92 Å².